The van der Waals surface area contributed by atoms with Gasteiger partial charge in [-0.25, -0.2) is 0 Å². The van der Waals surface area contributed by atoms with Crippen LogP contribution in [0.15, 0.2) is 40.9 Å². The quantitative estimate of drug-likeness (QED) is 0.588. The van der Waals surface area contributed by atoms with Crippen LogP contribution in [0.2, 0.25) is 4.34 Å². The van der Waals surface area contributed by atoms with E-state index < -0.39 is 0 Å². The van der Waals surface area contributed by atoms with Crippen LogP contribution in [0.25, 0.3) is 0 Å². The fraction of sp³-hybridized carbons (Fsp3) is 0.286. The predicted molar refractivity (Wildman–Crippen MR) is 85.1 cm³/mol. The van der Waals surface area contributed by atoms with E-state index in [0.29, 0.717) is 11.8 Å². The number of thiophene rings is 1. The van der Waals surface area contributed by atoms with Gasteiger partial charge in [0.05, 0.1) is 4.34 Å². The van der Waals surface area contributed by atoms with E-state index in [1.54, 1.807) is 11.3 Å². The summed E-state index contributed by atoms with van der Waals surface area (Å²) in [7, 11) is 0. The van der Waals surface area contributed by atoms with Gasteiger partial charge in [-0.2, -0.15) is 0 Å². The normalized spacial score (nSPS) is 12.6. The molecule has 0 aliphatic rings. The molecule has 96 valence electrons. The van der Waals surface area contributed by atoms with Gasteiger partial charge in [0.2, 0.25) is 0 Å². The van der Waals surface area contributed by atoms with Gasteiger partial charge in [0.15, 0.2) is 0 Å². The second-order valence-electron chi connectivity index (χ2n) is 4.23. The fourth-order valence-corrected chi connectivity index (χ4v) is 3.77. The third kappa shape index (κ3) is 3.99. The molecule has 0 spiro atoms. The van der Waals surface area contributed by atoms with Crippen LogP contribution in [0.5, 0.6) is 0 Å². The van der Waals surface area contributed by atoms with Crippen LogP contribution < -0.4 is 0 Å². The Kier molecular flexibility index (Phi) is 5.56. The highest BCUT2D eigenvalue weighted by Crippen LogP contribution is 2.27. The molecule has 1 unspecified atom stereocenters. The molecule has 1 heterocycles. The first-order valence-electron chi connectivity index (χ1n) is 5.72. The minimum atomic E-state index is 0.445. The van der Waals surface area contributed by atoms with Crippen molar-refractivity contribution >= 4 is 50.5 Å². The lowest BCUT2D eigenvalue weighted by atomic mass is 9.97. The van der Waals surface area contributed by atoms with Gasteiger partial charge in [-0.1, -0.05) is 45.7 Å². The summed E-state index contributed by atoms with van der Waals surface area (Å²) in [4.78, 5) is 1.30. The molecule has 0 aliphatic carbocycles. The molecule has 2 rings (SSSR count). The third-order valence-corrected chi connectivity index (χ3v) is 5.27. The maximum Gasteiger partial charge on any atom is 0.0931 e. The molecule has 0 aliphatic heterocycles. The van der Waals surface area contributed by atoms with Crippen molar-refractivity contribution in [2.75, 3.05) is 5.88 Å². The molecule has 1 atom stereocenters. The van der Waals surface area contributed by atoms with Crippen LogP contribution in [0.3, 0.4) is 0 Å². The SMILES string of the molecule is ClCC(Cc1ccc(Cl)s1)Cc1ccccc1Br. The lowest BCUT2D eigenvalue weighted by Gasteiger charge is -2.14. The average molecular weight is 364 g/mol. The van der Waals surface area contributed by atoms with E-state index in [0.717, 1.165) is 21.7 Å². The fourth-order valence-electron chi connectivity index (χ4n) is 1.90. The predicted octanol–water partition coefficient (Wildman–Crippen LogP) is 5.80. The first kappa shape index (κ1) is 14.4. The van der Waals surface area contributed by atoms with Crippen molar-refractivity contribution in [2.24, 2.45) is 5.92 Å². The number of rotatable bonds is 5. The van der Waals surface area contributed by atoms with Crippen LogP contribution >= 0.6 is 50.5 Å². The smallest absolute Gasteiger partial charge is 0.0931 e. The zero-order valence-corrected chi connectivity index (χ0v) is 13.6. The molecule has 0 fully saturated rings. The van der Waals surface area contributed by atoms with Gasteiger partial charge in [-0.05, 0) is 42.5 Å². The molecule has 0 saturated heterocycles. The van der Waals surface area contributed by atoms with Crippen LogP contribution in [0.4, 0.5) is 0 Å². The van der Waals surface area contributed by atoms with Crippen molar-refractivity contribution in [1.82, 2.24) is 0 Å². The van der Waals surface area contributed by atoms with Crippen LogP contribution in [0, 0.1) is 5.92 Å². The first-order valence-corrected chi connectivity index (χ1v) is 8.25. The van der Waals surface area contributed by atoms with Crippen molar-refractivity contribution in [3.63, 3.8) is 0 Å². The number of hydrogen-bond acceptors (Lipinski definition) is 1. The van der Waals surface area contributed by atoms with Gasteiger partial charge >= 0.3 is 0 Å². The van der Waals surface area contributed by atoms with Crippen LogP contribution in [-0.2, 0) is 12.8 Å². The number of benzene rings is 1. The molecule has 1 aromatic carbocycles. The molecule has 4 heteroatoms. The summed E-state index contributed by atoms with van der Waals surface area (Å²) in [6.07, 6.45) is 1.97. The number of hydrogen-bond donors (Lipinski definition) is 0. The van der Waals surface area contributed by atoms with Gasteiger partial charge in [0.25, 0.3) is 0 Å². The van der Waals surface area contributed by atoms with Crippen molar-refractivity contribution < 1.29 is 0 Å². The van der Waals surface area contributed by atoms with E-state index in [2.05, 4.69) is 40.2 Å². The Labute approximate surface area is 130 Å². The van der Waals surface area contributed by atoms with Gasteiger partial charge in [-0.3, -0.25) is 0 Å². The van der Waals surface area contributed by atoms with E-state index in [4.69, 9.17) is 23.2 Å². The zero-order chi connectivity index (χ0) is 13.0. The summed E-state index contributed by atoms with van der Waals surface area (Å²) in [5.41, 5.74) is 1.31. The Bertz CT molecular complexity index is 510. The number of alkyl halides is 1. The second-order valence-corrected chi connectivity index (χ2v) is 7.19. The Morgan fingerprint density at radius 3 is 2.50 bits per heavy atom. The van der Waals surface area contributed by atoms with Gasteiger partial charge in [0.1, 0.15) is 0 Å². The van der Waals surface area contributed by atoms with Crippen molar-refractivity contribution in [1.29, 1.82) is 0 Å². The summed E-state index contributed by atoms with van der Waals surface area (Å²) >= 11 is 17.3. The second kappa shape index (κ2) is 6.95. The average Bonchev–Trinajstić information content (AvgIpc) is 2.76. The maximum absolute atomic E-state index is 6.08. The number of halogens is 3. The van der Waals surface area contributed by atoms with Gasteiger partial charge in [0, 0.05) is 15.2 Å². The monoisotopic (exact) mass is 362 g/mol. The van der Waals surface area contributed by atoms with E-state index >= 15 is 0 Å². The molecule has 0 bridgehead atoms. The highest BCUT2D eigenvalue weighted by atomic mass is 79.9. The largest absolute Gasteiger partial charge is 0.128 e. The van der Waals surface area contributed by atoms with Gasteiger partial charge < -0.3 is 0 Å². The summed E-state index contributed by atoms with van der Waals surface area (Å²) in [5.74, 6) is 1.11. The van der Waals surface area contributed by atoms with E-state index in [1.807, 2.05) is 12.1 Å². The molecule has 0 saturated carbocycles. The Hall–Kier alpha value is -0.0200. The standard InChI is InChI=1S/C14H13BrCl2S/c15-13-4-2-1-3-11(13)7-10(9-16)8-12-5-6-14(17)18-12/h1-6,10H,7-9H2. The van der Waals surface area contributed by atoms with E-state index in [-0.39, 0.29) is 0 Å². The minimum absolute atomic E-state index is 0.445. The minimum Gasteiger partial charge on any atom is -0.128 e. The van der Waals surface area contributed by atoms with E-state index in [9.17, 15) is 0 Å². The molecular formula is C14H13BrCl2S. The van der Waals surface area contributed by atoms with Crippen molar-refractivity contribution in [3.05, 3.63) is 55.6 Å². The van der Waals surface area contributed by atoms with E-state index in [1.165, 1.54) is 10.4 Å². The Morgan fingerprint density at radius 1 is 1.11 bits per heavy atom. The highest BCUT2D eigenvalue weighted by Gasteiger charge is 2.12. The third-order valence-electron chi connectivity index (χ3n) is 2.80. The molecule has 2 aromatic rings. The molecule has 0 N–H and O–H groups in total. The maximum atomic E-state index is 6.08. The molecular weight excluding hydrogens is 351 g/mol. The van der Waals surface area contributed by atoms with Gasteiger partial charge in [-0.15, -0.1) is 22.9 Å². The van der Waals surface area contributed by atoms with Crippen molar-refractivity contribution in [2.45, 2.75) is 12.8 Å². The van der Waals surface area contributed by atoms with Crippen LogP contribution in [0.1, 0.15) is 10.4 Å². The molecule has 0 nitrogen and oxygen atoms in total. The molecule has 1 aromatic heterocycles. The Balaban J connectivity index is 2.04. The van der Waals surface area contributed by atoms with Crippen LogP contribution in [-0.4, -0.2) is 5.88 Å². The summed E-state index contributed by atoms with van der Waals surface area (Å²) in [6.45, 7) is 0. The lowest BCUT2D eigenvalue weighted by molar-refractivity contribution is 0.588. The molecule has 0 amide bonds. The molecule has 18 heavy (non-hydrogen) atoms. The topological polar surface area (TPSA) is 0 Å². The zero-order valence-electron chi connectivity index (χ0n) is 9.70. The highest BCUT2D eigenvalue weighted by molar-refractivity contribution is 9.10. The Morgan fingerprint density at radius 2 is 1.89 bits per heavy atom. The summed E-state index contributed by atoms with van der Waals surface area (Å²) in [5, 5.41) is 0. The first-order chi connectivity index (χ1) is 8.69. The summed E-state index contributed by atoms with van der Waals surface area (Å²) < 4.78 is 2.00. The summed E-state index contributed by atoms with van der Waals surface area (Å²) in [6, 6.07) is 12.3. The molecule has 0 radical (unpaired) electrons. The lowest BCUT2D eigenvalue weighted by Crippen LogP contribution is -2.09. The van der Waals surface area contributed by atoms with Crippen molar-refractivity contribution in [3.8, 4) is 0 Å².